The maximum Gasteiger partial charge on any atom is 1.00 e. The second-order valence-corrected chi connectivity index (χ2v) is 7.93. The van der Waals surface area contributed by atoms with Crippen molar-refractivity contribution in [2.45, 2.75) is 46.9 Å². The minimum absolute atomic E-state index is 0. The van der Waals surface area contributed by atoms with Crippen LogP contribution < -0.4 is 45.9 Å². The van der Waals surface area contributed by atoms with Crippen LogP contribution in [0.15, 0.2) is 72.8 Å². The molecule has 0 nitrogen and oxygen atoms in total. The second kappa shape index (κ2) is 9.78. The van der Waals surface area contributed by atoms with Crippen LogP contribution in [0.2, 0.25) is 6.32 Å². The molecule has 0 radical (unpaired) electrons. The Morgan fingerprint density at radius 2 is 1.00 bits per heavy atom. The van der Waals surface area contributed by atoms with Crippen LogP contribution in [0.1, 0.15) is 36.5 Å². The van der Waals surface area contributed by atoms with Gasteiger partial charge < -0.3 is 0 Å². The van der Waals surface area contributed by atoms with E-state index in [4.69, 9.17) is 0 Å². The van der Waals surface area contributed by atoms with E-state index in [2.05, 4.69) is 100 Å². The van der Waals surface area contributed by atoms with Gasteiger partial charge in [0.05, 0.1) is 6.15 Å². The molecule has 0 unspecified atom stereocenters. The molecule has 0 atom stereocenters. The van der Waals surface area contributed by atoms with Gasteiger partial charge in [0.25, 0.3) is 0 Å². The molecule has 0 N–H and O–H groups in total. The fourth-order valence-electron chi connectivity index (χ4n) is 4.52. The summed E-state index contributed by atoms with van der Waals surface area (Å²) < 4.78 is 0. The smallest absolute Gasteiger partial charge is 0.200 e. The Morgan fingerprint density at radius 1 is 0.630 bits per heavy atom. The van der Waals surface area contributed by atoms with Crippen molar-refractivity contribution in [3.63, 3.8) is 0 Å². The molecule has 0 spiro atoms. The van der Waals surface area contributed by atoms with Gasteiger partial charge in [-0.15, -0.1) is 0 Å². The molecule has 3 rings (SSSR count). The van der Waals surface area contributed by atoms with E-state index in [1.165, 1.54) is 52.2 Å². The second-order valence-electron chi connectivity index (χ2n) is 7.93. The first kappa shape index (κ1) is 22.0. The van der Waals surface area contributed by atoms with E-state index in [1.807, 2.05) is 0 Å². The van der Waals surface area contributed by atoms with Gasteiger partial charge in [0.1, 0.15) is 0 Å². The SMILES string of the molecule is CCCC[B-](c1cccc(C)c1)(c1cccc(C)c1)c1cccc(C)c1.[Na+]. The van der Waals surface area contributed by atoms with E-state index in [0.29, 0.717) is 0 Å². The molecule has 0 saturated carbocycles. The molecule has 0 aliphatic carbocycles. The third-order valence-electron chi connectivity index (χ3n) is 5.82. The number of rotatable bonds is 6. The maximum atomic E-state index is 2.40. The van der Waals surface area contributed by atoms with Crippen LogP contribution >= 0.6 is 0 Å². The Morgan fingerprint density at radius 3 is 1.30 bits per heavy atom. The van der Waals surface area contributed by atoms with Crippen LogP contribution in [-0.4, -0.2) is 6.15 Å². The van der Waals surface area contributed by atoms with Gasteiger partial charge in [-0.3, -0.25) is 0 Å². The Kier molecular flexibility index (Phi) is 7.97. The molecule has 134 valence electrons. The van der Waals surface area contributed by atoms with Crippen LogP contribution in [0, 0.1) is 20.8 Å². The quantitative estimate of drug-likeness (QED) is 0.586. The first-order chi connectivity index (χ1) is 12.6. The van der Waals surface area contributed by atoms with Crippen LogP contribution in [-0.2, 0) is 0 Å². The average Bonchev–Trinajstić information content (AvgIpc) is 2.63. The molecule has 0 fully saturated rings. The fourth-order valence-corrected chi connectivity index (χ4v) is 4.52. The average molecular weight is 364 g/mol. The molecule has 2 heteroatoms. The van der Waals surface area contributed by atoms with Crippen LogP contribution in [0.4, 0.5) is 0 Å². The Hall–Kier alpha value is -1.28. The van der Waals surface area contributed by atoms with E-state index >= 15 is 0 Å². The predicted octanol–water partition coefficient (Wildman–Crippen LogP) is 1.89. The number of hydrogen-bond acceptors (Lipinski definition) is 0. The standard InChI is InChI=1S/C25H30B.Na/c1-5-6-16-26(23-13-7-10-20(2)17-23,24-14-8-11-21(3)18-24)25-15-9-12-22(4)19-25;/h7-15,17-19H,5-6,16H2,1-4H3;/q-1;+1. The van der Waals surface area contributed by atoms with E-state index in [9.17, 15) is 0 Å². The van der Waals surface area contributed by atoms with Gasteiger partial charge in [-0.25, -0.2) is 0 Å². The van der Waals surface area contributed by atoms with E-state index in [0.717, 1.165) is 0 Å². The third-order valence-corrected chi connectivity index (χ3v) is 5.82. The summed E-state index contributed by atoms with van der Waals surface area (Å²) in [7, 11) is 0. The zero-order chi connectivity index (χ0) is 18.6. The summed E-state index contributed by atoms with van der Waals surface area (Å²) >= 11 is 0. The van der Waals surface area contributed by atoms with Gasteiger partial charge in [0.15, 0.2) is 0 Å². The molecule has 0 heterocycles. The van der Waals surface area contributed by atoms with Crippen molar-refractivity contribution >= 4 is 22.5 Å². The maximum absolute atomic E-state index is 2.40. The fraction of sp³-hybridized carbons (Fsp3) is 0.280. The van der Waals surface area contributed by atoms with Crippen molar-refractivity contribution in [2.24, 2.45) is 0 Å². The van der Waals surface area contributed by atoms with Gasteiger partial charge in [0, 0.05) is 0 Å². The number of unbranched alkanes of at least 4 members (excludes halogenated alkanes) is 1. The van der Waals surface area contributed by atoms with Gasteiger partial charge >= 0.3 is 29.6 Å². The van der Waals surface area contributed by atoms with Crippen LogP contribution in [0.3, 0.4) is 0 Å². The first-order valence-corrected chi connectivity index (χ1v) is 9.95. The molecular formula is C25H30BNa. The van der Waals surface area contributed by atoms with Crippen LogP contribution in [0.25, 0.3) is 0 Å². The summed E-state index contributed by atoms with van der Waals surface area (Å²) in [4.78, 5) is 0. The Labute approximate surface area is 187 Å². The predicted molar refractivity (Wildman–Crippen MR) is 118 cm³/mol. The van der Waals surface area contributed by atoms with Gasteiger partial charge in [-0.05, 0) is 20.8 Å². The molecule has 3 aromatic carbocycles. The van der Waals surface area contributed by atoms with E-state index in [-0.39, 0.29) is 29.6 Å². The minimum Gasteiger partial charge on any atom is -0.200 e. The van der Waals surface area contributed by atoms with Crippen molar-refractivity contribution in [3.05, 3.63) is 89.5 Å². The molecule has 0 bridgehead atoms. The van der Waals surface area contributed by atoms with Crippen molar-refractivity contribution < 1.29 is 29.6 Å². The molecule has 3 aromatic rings. The summed E-state index contributed by atoms with van der Waals surface area (Å²) in [6.45, 7) is 8.91. The van der Waals surface area contributed by atoms with E-state index in [1.54, 1.807) is 0 Å². The molecule has 0 aliphatic heterocycles. The van der Waals surface area contributed by atoms with Crippen molar-refractivity contribution in [2.75, 3.05) is 0 Å². The summed E-state index contributed by atoms with van der Waals surface area (Å²) in [5.41, 5.74) is 8.42. The zero-order valence-corrected chi connectivity index (χ0v) is 19.6. The van der Waals surface area contributed by atoms with Crippen molar-refractivity contribution in [1.82, 2.24) is 0 Å². The number of benzene rings is 3. The topological polar surface area (TPSA) is 0 Å². The van der Waals surface area contributed by atoms with Gasteiger partial charge in [-0.2, -0.15) is 22.7 Å². The molecule has 0 saturated heterocycles. The minimum atomic E-state index is -0.971. The first-order valence-electron chi connectivity index (χ1n) is 9.95. The molecule has 0 amide bonds. The Bertz CT molecular complexity index is 774. The summed E-state index contributed by atoms with van der Waals surface area (Å²) in [5.74, 6) is 0. The monoisotopic (exact) mass is 364 g/mol. The summed E-state index contributed by atoms with van der Waals surface area (Å²) in [6.07, 6.45) is 2.66. The molecule has 0 aliphatic rings. The van der Waals surface area contributed by atoms with E-state index < -0.39 is 6.15 Å². The van der Waals surface area contributed by atoms with Crippen molar-refractivity contribution in [1.29, 1.82) is 0 Å². The zero-order valence-electron chi connectivity index (χ0n) is 17.6. The van der Waals surface area contributed by atoms with Crippen LogP contribution in [0.5, 0.6) is 0 Å². The summed E-state index contributed by atoms with van der Waals surface area (Å²) in [6, 6.07) is 27.5. The van der Waals surface area contributed by atoms with Gasteiger partial charge in [0.2, 0.25) is 0 Å². The molecule has 27 heavy (non-hydrogen) atoms. The normalized spacial score (nSPS) is 11.1. The number of aryl methyl sites for hydroxylation is 3. The number of hydrogen-bond donors (Lipinski definition) is 0. The van der Waals surface area contributed by atoms with Gasteiger partial charge in [-0.1, -0.05) is 109 Å². The largest absolute Gasteiger partial charge is 1.00 e. The third kappa shape index (κ3) is 4.77. The molecule has 0 aromatic heterocycles. The molecular weight excluding hydrogens is 334 g/mol. The summed E-state index contributed by atoms with van der Waals surface area (Å²) in [5, 5.41) is 0. The van der Waals surface area contributed by atoms with Crippen molar-refractivity contribution in [3.8, 4) is 0 Å². The Balaban J connectivity index is 0.00000261.